The van der Waals surface area contributed by atoms with Crippen LogP contribution in [0.5, 0.6) is 0 Å². The Balaban J connectivity index is 2.08. The third-order valence-electron chi connectivity index (χ3n) is 2.98. The number of ether oxygens (including phenoxy) is 1. The van der Waals surface area contributed by atoms with Gasteiger partial charge >= 0.3 is 5.97 Å². The molecule has 0 bridgehead atoms. The van der Waals surface area contributed by atoms with Gasteiger partial charge in [0.2, 0.25) is 5.91 Å². The zero-order valence-corrected chi connectivity index (χ0v) is 12.8. The Hall–Kier alpha value is -1.82. The second-order valence-corrected chi connectivity index (χ2v) is 5.37. The first-order chi connectivity index (χ1) is 9.51. The number of esters is 1. The van der Waals surface area contributed by atoms with E-state index in [4.69, 9.17) is 0 Å². The average Bonchev–Trinajstić information content (AvgIpc) is 2.79. The number of nitrogens with zero attached hydrogens (tertiary/aromatic N) is 1. The summed E-state index contributed by atoms with van der Waals surface area (Å²) >= 11 is 3.41. The van der Waals surface area contributed by atoms with Crippen LogP contribution in [0, 0.1) is 0 Å². The molecule has 1 aromatic carbocycles. The van der Waals surface area contributed by atoms with Gasteiger partial charge in [0.1, 0.15) is 12.6 Å². The van der Waals surface area contributed by atoms with E-state index in [0.717, 1.165) is 15.4 Å². The average molecular weight is 339 g/mol. The van der Waals surface area contributed by atoms with E-state index in [1.54, 1.807) is 6.92 Å². The highest BCUT2D eigenvalue weighted by Crippen LogP contribution is 2.20. The van der Waals surface area contributed by atoms with Crippen LogP contribution < -0.4 is 5.32 Å². The van der Waals surface area contributed by atoms with Crippen molar-refractivity contribution >= 4 is 38.7 Å². The number of hydrogen-bond acceptors (Lipinski definition) is 3. The van der Waals surface area contributed by atoms with Crippen molar-refractivity contribution in [2.45, 2.75) is 19.5 Å². The molecule has 0 fully saturated rings. The Bertz CT molecular complexity index is 651. The number of nitrogens with one attached hydrogen (secondary N) is 1. The molecule has 0 spiro atoms. The van der Waals surface area contributed by atoms with Crippen LogP contribution in [0.2, 0.25) is 0 Å². The largest absolute Gasteiger partial charge is 0.467 e. The van der Waals surface area contributed by atoms with Gasteiger partial charge in [-0.2, -0.15) is 0 Å². The SMILES string of the molecule is COC(=O)[C@H](C)NC(=O)Cn1ccc2cc(Br)ccc21. The minimum Gasteiger partial charge on any atom is -0.467 e. The summed E-state index contributed by atoms with van der Waals surface area (Å²) in [6.45, 7) is 1.75. The van der Waals surface area contributed by atoms with Crippen LogP contribution in [0.25, 0.3) is 10.9 Å². The van der Waals surface area contributed by atoms with Crippen molar-refractivity contribution in [3.63, 3.8) is 0 Å². The van der Waals surface area contributed by atoms with Crippen molar-refractivity contribution in [3.05, 3.63) is 34.9 Å². The molecule has 20 heavy (non-hydrogen) atoms. The molecule has 2 aromatic rings. The van der Waals surface area contributed by atoms with Crippen molar-refractivity contribution < 1.29 is 14.3 Å². The molecular formula is C14H15BrN2O3. The summed E-state index contributed by atoms with van der Waals surface area (Å²) < 4.78 is 7.39. The molecule has 0 aliphatic rings. The van der Waals surface area contributed by atoms with Crippen LogP contribution >= 0.6 is 15.9 Å². The standard InChI is InChI=1S/C14H15BrN2O3/c1-9(14(19)20-2)16-13(18)8-17-6-5-10-7-11(15)3-4-12(10)17/h3-7,9H,8H2,1-2H3,(H,16,18)/t9-/m0/s1. The van der Waals surface area contributed by atoms with Gasteiger partial charge in [-0.15, -0.1) is 0 Å². The third-order valence-corrected chi connectivity index (χ3v) is 3.47. The summed E-state index contributed by atoms with van der Waals surface area (Å²) in [6, 6.07) is 7.14. The van der Waals surface area contributed by atoms with Gasteiger partial charge in [-0.1, -0.05) is 15.9 Å². The van der Waals surface area contributed by atoms with Crippen molar-refractivity contribution in [2.75, 3.05) is 7.11 Å². The molecule has 1 amide bonds. The highest BCUT2D eigenvalue weighted by atomic mass is 79.9. The zero-order chi connectivity index (χ0) is 14.7. The summed E-state index contributed by atoms with van der Waals surface area (Å²) in [5.74, 6) is -0.692. The molecule has 0 radical (unpaired) electrons. The lowest BCUT2D eigenvalue weighted by molar-refractivity contribution is -0.144. The number of rotatable bonds is 4. The van der Waals surface area contributed by atoms with Gasteiger partial charge < -0.3 is 14.6 Å². The Labute approximate surface area is 125 Å². The smallest absolute Gasteiger partial charge is 0.328 e. The fourth-order valence-electron chi connectivity index (χ4n) is 1.99. The number of benzene rings is 1. The summed E-state index contributed by atoms with van der Waals surface area (Å²) in [5.41, 5.74) is 0.967. The molecular weight excluding hydrogens is 324 g/mol. The maximum absolute atomic E-state index is 11.9. The molecule has 1 aromatic heterocycles. The maximum atomic E-state index is 11.9. The molecule has 1 N–H and O–H groups in total. The van der Waals surface area contributed by atoms with Crippen LogP contribution in [-0.2, 0) is 20.9 Å². The highest BCUT2D eigenvalue weighted by Gasteiger charge is 2.16. The number of hydrogen-bond donors (Lipinski definition) is 1. The molecule has 1 heterocycles. The second-order valence-electron chi connectivity index (χ2n) is 4.46. The molecule has 106 valence electrons. The second kappa shape index (κ2) is 6.09. The van der Waals surface area contributed by atoms with E-state index >= 15 is 0 Å². The van der Waals surface area contributed by atoms with Crippen molar-refractivity contribution in [1.29, 1.82) is 0 Å². The number of methoxy groups -OCH3 is 1. The topological polar surface area (TPSA) is 60.3 Å². The van der Waals surface area contributed by atoms with E-state index in [2.05, 4.69) is 26.0 Å². The quantitative estimate of drug-likeness (QED) is 0.868. The van der Waals surface area contributed by atoms with Gasteiger partial charge in [-0.3, -0.25) is 4.79 Å². The van der Waals surface area contributed by atoms with E-state index in [1.807, 2.05) is 35.0 Å². The van der Waals surface area contributed by atoms with Gasteiger partial charge in [0.15, 0.2) is 0 Å². The predicted octanol–water partition coefficient (Wildman–Crippen LogP) is 2.08. The van der Waals surface area contributed by atoms with Gasteiger partial charge in [0, 0.05) is 21.6 Å². The molecule has 0 saturated carbocycles. The Morgan fingerprint density at radius 3 is 2.85 bits per heavy atom. The molecule has 0 aliphatic heterocycles. The molecule has 1 atom stereocenters. The lowest BCUT2D eigenvalue weighted by atomic mass is 10.2. The van der Waals surface area contributed by atoms with Crippen molar-refractivity contribution in [2.24, 2.45) is 0 Å². The first-order valence-electron chi connectivity index (χ1n) is 6.13. The molecule has 2 rings (SSSR count). The van der Waals surface area contributed by atoms with Crippen molar-refractivity contribution in [3.8, 4) is 0 Å². The molecule has 0 unspecified atom stereocenters. The summed E-state index contributed by atoms with van der Waals surface area (Å²) in [7, 11) is 1.29. The Kier molecular flexibility index (Phi) is 4.44. The number of carbonyl (C=O) groups excluding carboxylic acids is 2. The van der Waals surface area contributed by atoms with Gasteiger partial charge in [0.05, 0.1) is 7.11 Å². The minimum atomic E-state index is -0.650. The summed E-state index contributed by atoms with van der Waals surface area (Å²) in [4.78, 5) is 23.2. The number of carbonyl (C=O) groups is 2. The fourth-order valence-corrected chi connectivity index (χ4v) is 2.37. The number of halogens is 1. The van der Waals surface area contributed by atoms with E-state index in [9.17, 15) is 9.59 Å². The van der Waals surface area contributed by atoms with E-state index in [0.29, 0.717) is 0 Å². The summed E-state index contributed by atoms with van der Waals surface area (Å²) in [6.07, 6.45) is 1.85. The summed E-state index contributed by atoms with van der Waals surface area (Å²) in [5, 5.41) is 3.65. The van der Waals surface area contributed by atoms with E-state index in [1.165, 1.54) is 7.11 Å². The minimum absolute atomic E-state index is 0.159. The Morgan fingerprint density at radius 2 is 2.15 bits per heavy atom. The highest BCUT2D eigenvalue weighted by molar-refractivity contribution is 9.10. The lowest BCUT2D eigenvalue weighted by Gasteiger charge is -2.12. The van der Waals surface area contributed by atoms with Crippen LogP contribution in [0.3, 0.4) is 0 Å². The fraction of sp³-hybridized carbons (Fsp3) is 0.286. The van der Waals surface area contributed by atoms with Crippen LogP contribution in [-0.4, -0.2) is 29.6 Å². The van der Waals surface area contributed by atoms with Crippen molar-refractivity contribution in [1.82, 2.24) is 9.88 Å². The predicted molar refractivity (Wildman–Crippen MR) is 79.3 cm³/mol. The normalized spacial score (nSPS) is 12.2. The lowest BCUT2D eigenvalue weighted by Crippen LogP contribution is -2.40. The van der Waals surface area contributed by atoms with Crippen LogP contribution in [0.4, 0.5) is 0 Å². The van der Waals surface area contributed by atoms with Gasteiger partial charge in [-0.05, 0) is 31.2 Å². The zero-order valence-electron chi connectivity index (χ0n) is 11.2. The number of aromatic nitrogens is 1. The monoisotopic (exact) mass is 338 g/mol. The number of fused-ring (bicyclic) bond motifs is 1. The van der Waals surface area contributed by atoms with Crippen LogP contribution in [0.1, 0.15) is 6.92 Å². The van der Waals surface area contributed by atoms with E-state index in [-0.39, 0.29) is 12.5 Å². The molecule has 6 heteroatoms. The van der Waals surface area contributed by atoms with Crippen LogP contribution in [0.15, 0.2) is 34.9 Å². The van der Waals surface area contributed by atoms with E-state index < -0.39 is 12.0 Å². The van der Waals surface area contributed by atoms with Gasteiger partial charge in [-0.25, -0.2) is 4.79 Å². The Morgan fingerprint density at radius 1 is 1.40 bits per heavy atom. The third kappa shape index (κ3) is 3.19. The number of amides is 1. The van der Waals surface area contributed by atoms with Gasteiger partial charge in [0.25, 0.3) is 0 Å². The maximum Gasteiger partial charge on any atom is 0.328 e. The molecule has 5 nitrogen and oxygen atoms in total. The first-order valence-corrected chi connectivity index (χ1v) is 6.92. The molecule has 0 aliphatic carbocycles. The first kappa shape index (κ1) is 14.6. The molecule has 0 saturated heterocycles.